The van der Waals surface area contributed by atoms with Crippen molar-refractivity contribution >= 4 is 35.2 Å². The number of unbranched alkanes of at least 4 members (excludes halogenated alkanes) is 4. The van der Waals surface area contributed by atoms with E-state index >= 15 is 0 Å². The maximum atomic E-state index is 14.3. The topological polar surface area (TPSA) is 87.7 Å². The van der Waals surface area contributed by atoms with Crippen LogP contribution in [0.2, 0.25) is 5.02 Å². The van der Waals surface area contributed by atoms with Gasteiger partial charge in [-0.3, -0.25) is 9.59 Å². The summed E-state index contributed by atoms with van der Waals surface area (Å²) < 4.78 is 5.46. The number of rotatable bonds is 13. The Morgan fingerprint density at radius 3 is 2.17 bits per heavy atom. The van der Waals surface area contributed by atoms with Crippen LogP contribution in [0.3, 0.4) is 0 Å². The number of hydrogen-bond donors (Lipinski definition) is 2. The van der Waals surface area contributed by atoms with Gasteiger partial charge in [-0.15, -0.1) is 0 Å². The summed E-state index contributed by atoms with van der Waals surface area (Å²) in [5.74, 6) is -0.951. The third-order valence-electron chi connectivity index (χ3n) is 6.54. The molecule has 2 aromatic rings. The van der Waals surface area contributed by atoms with Gasteiger partial charge < -0.3 is 20.3 Å². The number of halogens is 1. The molecule has 40 heavy (non-hydrogen) atoms. The Labute approximate surface area is 245 Å². The van der Waals surface area contributed by atoms with Crippen molar-refractivity contribution in [1.82, 2.24) is 10.2 Å². The van der Waals surface area contributed by atoms with Crippen molar-refractivity contribution in [3.8, 4) is 0 Å². The van der Waals surface area contributed by atoms with Gasteiger partial charge in [-0.05, 0) is 57.2 Å². The Balaban J connectivity index is 2.51. The molecule has 2 rings (SSSR count). The van der Waals surface area contributed by atoms with Crippen LogP contribution in [0.4, 0.5) is 10.5 Å². The van der Waals surface area contributed by atoms with Crippen LogP contribution in [-0.4, -0.2) is 41.0 Å². The molecule has 0 aromatic heterocycles. The molecule has 0 aliphatic rings. The number of aryl methyl sites for hydroxylation is 1. The average Bonchev–Trinajstić information content (AvgIpc) is 2.87. The van der Waals surface area contributed by atoms with E-state index in [0.29, 0.717) is 22.8 Å². The molecule has 2 unspecified atom stereocenters. The lowest BCUT2D eigenvalue weighted by Gasteiger charge is -2.36. The van der Waals surface area contributed by atoms with Crippen LogP contribution in [0.5, 0.6) is 0 Å². The third kappa shape index (κ3) is 10.2. The first-order valence-corrected chi connectivity index (χ1v) is 14.6. The number of nitrogens with zero attached hydrogens (tertiary/aromatic N) is 1. The second-order valence-electron chi connectivity index (χ2n) is 11.5. The Morgan fingerprint density at radius 2 is 1.60 bits per heavy atom. The lowest BCUT2D eigenvalue weighted by atomic mass is 9.98. The number of amides is 3. The van der Waals surface area contributed by atoms with E-state index in [0.717, 1.165) is 37.7 Å². The van der Waals surface area contributed by atoms with Crippen LogP contribution in [0.1, 0.15) is 90.8 Å². The Bertz CT molecular complexity index is 1090. The van der Waals surface area contributed by atoms with Crippen LogP contribution in [0.25, 0.3) is 0 Å². The second kappa shape index (κ2) is 15.7. The van der Waals surface area contributed by atoms with Gasteiger partial charge in [0.25, 0.3) is 5.91 Å². The molecule has 3 amide bonds. The maximum Gasteiger partial charge on any atom is 0.408 e. The largest absolute Gasteiger partial charge is 0.444 e. The van der Waals surface area contributed by atoms with Crippen molar-refractivity contribution in [2.45, 2.75) is 98.3 Å². The van der Waals surface area contributed by atoms with Crippen LogP contribution in [0, 0.1) is 12.8 Å². The fraction of sp³-hybridized carbons (Fsp3) is 0.531. The zero-order valence-electron chi connectivity index (χ0n) is 25.1. The van der Waals surface area contributed by atoms with E-state index in [-0.39, 0.29) is 17.7 Å². The van der Waals surface area contributed by atoms with Crippen LogP contribution in [-0.2, 0) is 14.3 Å². The van der Waals surface area contributed by atoms with Gasteiger partial charge in [-0.1, -0.05) is 101 Å². The van der Waals surface area contributed by atoms with Crippen molar-refractivity contribution in [2.24, 2.45) is 5.92 Å². The minimum absolute atomic E-state index is 0.243. The Hall–Kier alpha value is -3.06. The first-order valence-electron chi connectivity index (χ1n) is 14.3. The fourth-order valence-corrected chi connectivity index (χ4v) is 4.74. The van der Waals surface area contributed by atoms with Gasteiger partial charge in [0.05, 0.1) is 10.7 Å². The minimum atomic E-state index is -0.933. The summed E-state index contributed by atoms with van der Waals surface area (Å²) in [5.41, 5.74) is 1.29. The lowest BCUT2D eigenvalue weighted by molar-refractivity contribution is -0.141. The normalized spacial score (nSPS) is 12.9. The zero-order valence-corrected chi connectivity index (χ0v) is 25.8. The molecule has 0 spiro atoms. The molecule has 0 aliphatic carbocycles. The van der Waals surface area contributed by atoms with Gasteiger partial charge in [0, 0.05) is 6.54 Å². The molecule has 8 heteroatoms. The zero-order chi connectivity index (χ0) is 29.9. The molecule has 0 heterocycles. The van der Waals surface area contributed by atoms with Gasteiger partial charge in [0.1, 0.15) is 17.7 Å². The highest BCUT2D eigenvalue weighted by Crippen LogP contribution is 2.30. The van der Waals surface area contributed by atoms with E-state index in [1.54, 1.807) is 31.7 Å². The van der Waals surface area contributed by atoms with E-state index in [9.17, 15) is 14.4 Å². The molecule has 0 saturated heterocycles. The quantitative estimate of drug-likeness (QED) is 0.241. The SMILES string of the molecule is CCCCCCCN(C(=O)C(NC(=O)OC(C)(C)C)C(C)C)C(C(=O)Nc1c(C)cccc1Cl)c1ccccc1. The molecule has 2 aromatic carbocycles. The van der Waals surface area contributed by atoms with Crippen LogP contribution < -0.4 is 10.6 Å². The number of ether oxygens (including phenoxy) is 1. The van der Waals surface area contributed by atoms with Crippen LogP contribution >= 0.6 is 11.6 Å². The van der Waals surface area contributed by atoms with Crippen molar-refractivity contribution in [2.75, 3.05) is 11.9 Å². The first kappa shape index (κ1) is 33.1. The molecule has 2 N–H and O–H groups in total. The van der Waals surface area contributed by atoms with E-state index < -0.39 is 23.8 Å². The van der Waals surface area contributed by atoms with E-state index in [4.69, 9.17) is 16.3 Å². The highest BCUT2D eigenvalue weighted by atomic mass is 35.5. The first-order chi connectivity index (χ1) is 18.9. The van der Waals surface area contributed by atoms with Crippen molar-refractivity contribution in [3.05, 3.63) is 64.7 Å². The van der Waals surface area contributed by atoms with Crippen molar-refractivity contribution in [3.63, 3.8) is 0 Å². The predicted octanol–water partition coefficient (Wildman–Crippen LogP) is 7.68. The molecule has 0 aliphatic heterocycles. The van der Waals surface area contributed by atoms with Gasteiger partial charge in [-0.25, -0.2) is 4.79 Å². The molecule has 7 nitrogen and oxygen atoms in total. The standard InChI is InChI=1S/C32H46ClN3O4/c1-8-9-10-11-15-21-36(30(38)26(22(2)3)35-31(39)40-32(5,6)7)28(24-18-13-12-14-19-24)29(37)34-27-23(4)17-16-20-25(27)33/h12-14,16-20,22,26,28H,8-11,15,21H2,1-7H3,(H,34,37)(H,35,39). The van der Waals surface area contributed by atoms with Crippen molar-refractivity contribution in [1.29, 1.82) is 0 Å². The fourth-order valence-electron chi connectivity index (χ4n) is 4.47. The molecular weight excluding hydrogens is 526 g/mol. The smallest absolute Gasteiger partial charge is 0.408 e. The van der Waals surface area contributed by atoms with E-state index in [1.165, 1.54) is 0 Å². The number of carbonyl (C=O) groups excluding carboxylic acids is 3. The third-order valence-corrected chi connectivity index (χ3v) is 6.85. The summed E-state index contributed by atoms with van der Waals surface area (Å²) in [5, 5.41) is 6.18. The molecule has 220 valence electrons. The minimum Gasteiger partial charge on any atom is -0.444 e. The molecule has 0 saturated carbocycles. The predicted molar refractivity (Wildman–Crippen MR) is 162 cm³/mol. The van der Waals surface area contributed by atoms with Crippen LogP contribution in [0.15, 0.2) is 48.5 Å². The van der Waals surface area contributed by atoms with Gasteiger partial charge in [-0.2, -0.15) is 0 Å². The van der Waals surface area contributed by atoms with E-state index in [2.05, 4.69) is 17.6 Å². The molecule has 2 atom stereocenters. The number of benzene rings is 2. The molecule has 0 radical (unpaired) electrons. The summed E-state index contributed by atoms with van der Waals surface area (Å²) in [7, 11) is 0. The number of carbonyl (C=O) groups is 3. The number of para-hydroxylation sites is 1. The van der Waals surface area contributed by atoms with Gasteiger partial charge >= 0.3 is 6.09 Å². The monoisotopic (exact) mass is 571 g/mol. The Kier molecular flexibility index (Phi) is 13.0. The number of hydrogen-bond acceptors (Lipinski definition) is 4. The highest BCUT2D eigenvalue weighted by molar-refractivity contribution is 6.34. The summed E-state index contributed by atoms with van der Waals surface area (Å²) in [6.45, 7) is 13.4. The van der Waals surface area contributed by atoms with Gasteiger partial charge in [0.2, 0.25) is 5.91 Å². The lowest BCUT2D eigenvalue weighted by Crippen LogP contribution is -2.54. The summed E-state index contributed by atoms with van der Waals surface area (Å²) in [6.07, 6.45) is 4.24. The summed E-state index contributed by atoms with van der Waals surface area (Å²) in [6, 6.07) is 12.8. The molecule has 0 bridgehead atoms. The molecular formula is C32H46ClN3O4. The van der Waals surface area contributed by atoms with E-state index in [1.807, 2.05) is 63.2 Å². The number of alkyl carbamates (subject to hydrolysis) is 1. The van der Waals surface area contributed by atoms with Gasteiger partial charge in [0.15, 0.2) is 0 Å². The van der Waals surface area contributed by atoms with Crippen molar-refractivity contribution < 1.29 is 19.1 Å². The number of nitrogens with one attached hydrogen (secondary N) is 2. The second-order valence-corrected chi connectivity index (χ2v) is 12.0. The summed E-state index contributed by atoms with van der Waals surface area (Å²) >= 11 is 6.44. The summed E-state index contributed by atoms with van der Waals surface area (Å²) in [4.78, 5) is 42.6. The maximum absolute atomic E-state index is 14.3. The number of anilines is 1. The average molecular weight is 572 g/mol. The molecule has 0 fully saturated rings. The Morgan fingerprint density at radius 1 is 0.950 bits per heavy atom. The highest BCUT2D eigenvalue weighted by Gasteiger charge is 2.37.